The Morgan fingerprint density at radius 2 is 1.81 bits per heavy atom. The van der Waals surface area contributed by atoms with Crippen LogP contribution in [0.5, 0.6) is 0 Å². The molecule has 1 heterocycles. The highest BCUT2D eigenvalue weighted by molar-refractivity contribution is 9.11. The first kappa shape index (κ1) is 21.4. The molecule has 1 N–H and O–H groups in total. The molecule has 1 amide bonds. The van der Waals surface area contributed by atoms with Gasteiger partial charge in [0.25, 0.3) is 15.9 Å². The molecule has 0 saturated heterocycles. The maximum atomic E-state index is 12.5. The van der Waals surface area contributed by atoms with E-state index in [-0.39, 0.29) is 21.4 Å². The number of likely N-dealkylation sites (N-methyl/N-ethyl adjacent to an activating group) is 1. The Morgan fingerprint density at radius 3 is 2.41 bits per heavy atom. The fourth-order valence-corrected chi connectivity index (χ4v) is 5.35. The van der Waals surface area contributed by atoms with Crippen LogP contribution in [0.2, 0.25) is 0 Å². The van der Waals surface area contributed by atoms with E-state index in [1.54, 1.807) is 18.2 Å². The van der Waals surface area contributed by atoms with Gasteiger partial charge in [0, 0.05) is 13.1 Å². The summed E-state index contributed by atoms with van der Waals surface area (Å²) in [7, 11) is -3.85. The fourth-order valence-electron chi connectivity index (χ4n) is 2.26. The zero-order chi connectivity index (χ0) is 20.0. The number of esters is 1. The van der Waals surface area contributed by atoms with Gasteiger partial charge in [-0.1, -0.05) is 12.1 Å². The van der Waals surface area contributed by atoms with Crippen LogP contribution in [-0.2, 0) is 19.6 Å². The molecule has 146 valence electrons. The lowest BCUT2D eigenvalue weighted by Gasteiger charge is -2.18. The number of sulfonamides is 1. The SMILES string of the molecule is CCN(CC)C(=O)COC(=O)c1ccccc1NS(=O)(=O)c1ccc(Br)s1. The first-order chi connectivity index (χ1) is 12.8. The molecule has 1 aromatic heterocycles. The molecule has 0 atom stereocenters. The number of ether oxygens (including phenoxy) is 1. The van der Waals surface area contributed by atoms with E-state index in [1.807, 2.05) is 13.8 Å². The Balaban J connectivity index is 2.15. The van der Waals surface area contributed by atoms with Crippen LogP contribution in [-0.4, -0.2) is 44.9 Å². The number of hydrogen-bond acceptors (Lipinski definition) is 6. The van der Waals surface area contributed by atoms with Gasteiger partial charge >= 0.3 is 5.97 Å². The van der Waals surface area contributed by atoms with E-state index in [0.29, 0.717) is 16.9 Å². The van der Waals surface area contributed by atoms with Crippen molar-refractivity contribution in [2.24, 2.45) is 0 Å². The molecule has 7 nitrogen and oxygen atoms in total. The predicted molar refractivity (Wildman–Crippen MR) is 107 cm³/mol. The molecule has 27 heavy (non-hydrogen) atoms. The third-order valence-electron chi connectivity index (χ3n) is 3.65. The minimum absolute atomic E-state index is 0.0315. The first-order valence-corrected chi connectivity index (χ1v) is 11.2. The maximum absolute atomic E-state index is 12.5. The van der Waals surface area contributed by atoms with Gasteiger partial charge in [0.1, 0.15) is 4.21 Å². The van der Waals surface area contributed by atoms with Gasteiger partial charge in [-0.3, -0.25) is 9.52 Å². The first-order valence-electron chi connectivity index (χ1n) is 8.10. The molecular weight excluding hydrogens is 456 g/mol. The third kappa shape index (κ3) is 5.53. The summed E-state index contributed by atoms with van der Waals surface area (Å²) in [4.78, 5) is 25.9. The summed E-state index contributed by atoms with van der Waals surface area (Å²) in [5.41, 5.74) is 0.117. The Bertz CT molecular complexity index is 923. The molecule has 0 spiro atoms. The van der Waals surface area contributed by atoms with E-state index < -0.39 is 22.6 Å². The van der Waals surface area contributed by atoms with Crippen molar-refractivity contribution in [2.45, 2.75) is 18.1 Å². The molecule has 0 bridgehead atoms. The summed E-state index contributed by atoms with van der Waals surface area (Å²) >= 11 is 4.27. The van der Waals surface area contributed by atoms with Crippen LogP contribution in [0.25, 0.3) is 0 Å². The molecule has 0 aliphatic rings. The normalized spacial score (nSPS) is 11.1. The molecule has 0 saturated carbocycles. The van der Waals surface area contributed by atoms with E-state index in [2.05, 4.69) is 20.7 Å². The Hall–Kier alpha value is -1.91. The zero-order valence-electron chi connectivity index (χ0n) is 14.8. The van der Waals surface area contributed by atoms with Gasteiger partial charge in [-0.2, -0.15) is 0 Å². The largest absolute Gasteiger partial charge is 0.452 e. The highest BCUT2D eigenvalue weighted by Gasteiger charge is 2.21. The van der Waals surface area contributed by atoms with Gasteiger partial charge in [0.05, 0.1) is 15.0 Å². The van der Waals surface area contributed by atoms with Crippen molar-refractivity contribution in [1.29, 1.82) is 0 Å². The number of halogens is 1. The number of carbonyl (C=O) groups excluding carboxylic acids is 2. The average molecular weight is 475 g/mol. The average Bonchev–Trinajstić information content (AvgIpc) is 3.08. The lowest BCUT2D eigenvalue weighted by atomic mass is 10.2. The van der Waals surface area contributed by atoms with Gasteiger partial charge in [-0.05, 0) is 54.0 Å². The number of amides is 1. The van der Waals surface area contributed by atoms with Crippen LogP contribution in [0, 0.1) is 0 Å². The smallest absolute Gasteiger partial charge is 0.340 e. The quantitative estimate of drug-likeness (QED) is 0.592. The van der Waals surface area contributed by atoms with E-state index in [4.69, 9.17) is 4.74 Å². The molecule has 1 aromatic carbocycles. The van der Waals surface area contributed by atoms with E-state index >= 15 is 0 Å². The summed E-state index contributed by atoms with van der Waals surface area (Å²) in [5, 5.41) is 0. The van der Waals surface area contributed by atoms with Crippen molar-refractivity contribution >= 4 is 54.9 Å². The topological polar surface area (TPSA) is 92.8 Å². The second-order valence-corrected chi connectivity index (χ2v) is 9.72. The summed E-state index contributed by atoms with van der Waals surface area (Å²) in [5.74, 6) is -1.09. The number of nitrogens with zero attached hydrogens (tertiary/aromatic N) is 1. The number of carbonyl (C=O) groups is 2. The Kier molecular flexibility index (Phi) is 7.40. The molecule has 0 unspecified atom stereocenters. The number of nitrogens with one attached hydrogen (secondary N) is 1. The Morgan fingerprint density at radius 1 is 1.15 bits per heavy atom. The van der Waals surface area contributed by atoms with Crippen molar-refractivity contribution < 1.29 is 22.7 Å². The number of thiophene rings is 1. The number of anilines is 1. The molecule has 10 heteroatoms. The van der Waals surface area contributed by atoms with Gasteiger partial charge in [-0.25, -0.2) is 13.2 Å². The lowest BCUT2D eigenvalue weighted by molar-refractivity contribution is -0.134. The number of benzene rings is 1. The summed E-state index contributed by atoms with van der Waals surface area (Å²) in [6.07, 6.45) is 0. The van der Waals surface area contributed by atoms with Crippen LogP contribution in [0.4, 0.5) is 5.69 Å². The number of rotatable bonds is 8. The van der Waals surface area contributed by atoms with Crippen LogP contribution in [0.3, 0.4) is 0 Å². The van der Waals surface area contributed by atoms with Gasteiger partial charge < -0.3 is 9.64 Å². The van der Waals surface area contributed by atoms with Crippen molar-refractivity contribution in [2.75, 3.05) is 24.4 Å². The van der Waals surface area contributed by atoms with Crippen molar-refractivity contribution in [1.82, 2.24) is 4.90 Å². The molecule has 0 radical (unpaired) electrons. The van der Waals surface area contributed by atoms with Crippen molar-refractivity contribution in [3.8, 4) is 0 Å². The van der Waals surface area contributed by atoms with Crippen LogP contribution in [0.15, 0.2) is 44.4 Å². The van der Waals surface area contributed by atoms with Crippen LogP contribution < -0.4 is 4.72 Å². The van der Waals surface area contributed by atoms with Gasteiger partial charge in [0.2, 0.25) is 0 Å². The lowest BCUT2D eigenvalue weighted by Crippen LogP contribution is -2.34. The fraction of sp³-hybridized carbons (Fsp3) is 0.294. The minimum atomic E-state index is -3.85. The molecule has 0 aliphatic heterocycles. The monoisotopic (exact) mass is 474 g/mol. The van der Waals surface area contributed by atoms with Crippen molar-refractivity contribution in [3.05, 3.63) is 45.7 Å². The van der Waals surface area contributed by atoms with Gasteiger partial charge in [0.15, 0.2) is 6.61 Å². The standard InChI is InChI=1S/C17H19BrN2O5S2/c1-3-20(4-2)15(21)11-25-17(22)12-7-5-6-8-13(12)19-27(23,24)16-10-9-14(18)26-16/h5-10,19H,3-4,11H2,1-2H3. The summed E-state index contributed by atoms with van der Waals surface area (Å²) in [6.45, 7) is 4.28. The zero-order valence-corrected chi connectivity index (χ0v) is 18.0. The second kappa shape index (κ2) is 9.34. The highest BCUT2D eigenvalue weighted by Crippen LogP contribution is 2.28. The summed E-state index contributed by atoms with van der Waals surface area (Å²) in [6, 6.07) is 9.16. The van der Waals surface area contributed by atoms with Crippen molar-refractivity contribution in [3.63, 3.8) is 0 Å². The van der Waals surface area contributed by atoms with Gasteiger partial charge in [-0.15, -0.1) is 11.3 Å². The van der Waals surface area contributed by atoms with Crippen LogP contribution in [0.1, 0.15) is 24.2 Å². The number of para-hydroxylation sites is 1. The predicted octanol–water partition coefficient (Wildman–Crippen LogP) is 3.34. The maximum Gasteiger partial charge on any atom is 0.340 e. The van der Waals surface area contributed by atoms with E-state index in [0.717, 1.165) is 11.3 Å². The minimum Gasteiger partial charge on any atom is -0.452 e. The van der Waals surface area contributed by atoms with E-state index in [9.17, 15) is 18.0 Å². The molecule has 2 rings (SSSR count). The highest BCUT2D eigenvalue weighted by atomic mass is 79.9. The molecule has 2 aromatic rings. The summed E-state index contributed by atoms with van der Waals surface area (Å²) < 4.78 is 33.2. The van der Waals surface area contributed by atoms with E-state index in [1.165, 1.54) is 23.1 Å². The molecule has 0 fully saturated rings. The van der Waals surface area contributed by atoms with Crippen LogP contribution >= 0.6 is 27.3 Å². The second-order valence-electron chi connectivity index (χ2n) is 5.35. The molecule has 0 aliphatic carbocycles. The Labute approximate surface area is 170 Å². The molecular formula is C17H19BrN2O5S2. The third-order valence-corrected chi connectivity index (χ3v) is 7.13. The number of hydrogen-bond donors (Lipinski definition) is 1.